The van der Waals surface area contributed by atoms with Gasteiger partial charge in [-0.1, -0.05) is 6.92 Å². The van der Waals surface area contributed by atoms with Gasteiger partial charge in [0.1, 0.15) is 0 Å². The first-order valence-corrected chi connectivity index (χ1v) is 7.31. The summed E-state index contributed by atoms with van der Waals surface area (Å²) in [5, 5.41) is 2.91. The van der Waals surface area contributed by atoms with Gasteiger partial charge in [-0.2, -0.15) is 0 Å². The molecule has 0 aliphatic carbocycles. The summed E-state index contributed by atoms with van der Waals surface area (Å²) in [6.45, 7) is 6.05. The number of carbonyl (C=O) groups is 1. The highest BCUT2D eigenvalue weighted by atomic mass is 16.5. The van der Waals surface area contributed by atoms with Crippen LogP contribution in [-0.4, -0.2) is 59.7 Å². The molecule has 0 bridgehead atoms. The zero-order valence-corrected chi connectivity index (χ0v) is 13.1. The number of methoxy groups -OCH3 is 1. The fourth-order valence-electron chi connectivity index (χ4n) is 2.74. The summed E-state index contributed by atoms with van der Waals surface area (Å²) >= 11 is 0. The first-order chi connectivity index (χ1) is 10.4. The third kappa shape index (κ3) is 3.63. The molecule has 122 valence electrons. The number of nitrogens with zero attached hydrogens (tertiary/aromatic N) is 1. The predicted octanol–water partition coefficient (Wildman–Crippen LogP) is -1.25. The van der Waals surface area contributed by atoms with Crippen LogP contribution in [0.4, 0.5) is 0 Å². The number of likely N-dealkylation sites (tertiary alicyclic amines) is 1. The number of nitrogens with one attached hydrogen (secondary N) is 3. The lowest BCUT2D eigenvalue weighted by atomic mass is 10.1. The van der Waals surface area contributed by atoms with Crippen molar-refractivity contribution in [1.29, 1.82) is 0 Å². The van der Waals surface area contributed by atoms with Crippen LogP contribution < -0.4 is 16.6 Å². The monoisotopic (exact) mass is 310 g/mol. The molecule has 2 rings (SSSR count). The van der Waals surface area contributed by atoms with Gasteiger partial charge in [-0.05, 0) is 13.5 Å². The summed E-state index contributed by atoms with van der Waals surface area (Å²) in [5.41, 5.74) is -0.410. The van der Waals surface area contributed by atoms with Crippen molar-refractivity contribution < 1.29 is 9.53 Å². The lowest BCUT2D eigenvalue weighted by Crippen LogP contribution is -2.45. The summed E-state index contributed by atoms with van der Waals surface area (Å²) in [6, 6.07) is -0.0976. The molecule has 1 fully saturated rings. The number of H-pyrrole nitrogens is 2. The number of hydrogen-bond donors (Lipinski definition) is 3. The van der Waals surface area contributed by atoms with E-state index in [1.807, 2.05) is 0 Å². The van der Waals surface area contributed by atoms with E-state index in [-0.39, 0.29) is 30.0 Å². The molecule has 0 unspecified atom stereocenters. The minimum absolute atomic E-state index is 0.0566. The summed E-state index contributed by atoms with van der Waals surface area (Å²) in [6.07, 6.45) is -0.129. The molecule has 3 N–H and O–H groups in total. The minimum atomic E-state index is -0.569. The van der Waals surface area contributed by atoms with Gasteiger partial charge in [0.25, 0.3) is 5.56 Å². The molecule has 0 spiro atoms. The summed E-state index contributed by atoms with van der Waals surface area (Å²) in [5.74, 6) is -0.259. The van der Waals surface area contributed by atoms with Crippen LogP contribution in [0.25, 0.3) is 0 Å². The summed E-state index contributed by atoms with van der Waals surface area (Å²) in [7, 11) is 1.62. The van der Waals surface area contributed by atoms with Crippen molar-refractivity contribution in [3.8, 4) is 0 Å². The van der Waals surface area contributed by atoms with Crippen molar-refractivity contribution in [2.45, 2.75) is 32.4 Å². The summed E-state index contributed by atoms with van der Waals surface area (Å²) in [4.78, 5) is 41.9. The van der Waals surface area contributed by atoms with E-state index in [0.717, 1.165) is 19.6 Å². The number of amides is 1. The van der Waals surface area contributed by atoms with E-state index in [2.05, 4.69) is 27.1 Å². The lowest BCUT2D eigenvalue weighted by Gasteiger charge is -2.18. The largest absolute Gasteiger partial charge is 0.378 e. The molecule has 1 amide bonds. The molecule has 2 atom stereocenters. The Labute approximate surface area is 127 Å². The highest BCUT2D eigenvalue weighted by molar-refractivity contribution is 5.79. The van der Waals surface area contributed by atoms with Gasteiger partial charge in [0.05, 0.1) is 18.6 Å². The predicted molar refractivity (Wildman–Crippen MR) is 81.0 cm³/mol. The van der Waals surface area contributed by atoms with E-state index in [4.69, 9.17) is 4.74 Å². The Morgan fingerprint density at radius 1 is 1.36 bits per heavy atom. The molecular formula is C14H22N4O4. The van der Waals surface area contributed by atoms with Crippen LogP contribution in [0, 0.1) is 6.92 Å². The number of aromatic amines is 2. The molecule has 1 saturated heterocycles. The Morgan fingerprint density at radius 3 is 2.68 bits per heavy atom. The van der Waals surface area contributed by atoms with Gasteiger partial charge in [-0.25, -0.2) is 4.79 Å². The molecule has 1 aliphatic rings. The fourth-order valence-corrected chi connectivity index (χ4v) is 2.74. The first kappa shape index (κ1) is 16.4. The third-order valence-electron chi connectivity index (χ3n) is 4.03. The zero-order valence-electron chi connectivity index (χ0n) is 13.1. The number of rotatable bonds is 5. The average molecular weight is 310 g/mol. The van der Waals surface area contributed by atoms with Crippen LogP contribution in [0.15, 0.2) is 9.59 Å². The van der Waals surface area contributed by atoms with Gasteiger partial charge >= 0.3 is 5.69 Å². The maximum Gasteiger partial charge on any atom is 0.325 e. The Hall–Kier alpha value is -1.93. The normalized spacial score (nSPS) is 22.0. The van der Waals surface area contributed by atoms with E-state index in [9.17, 15) is 14.4 Å². The molecule has 1 aliphatic heterocycles. The van der Waals surface area contributed by atoms with Crippen molar-refractivity contribution >= 4 is 5.91 Å². The second kappa shape index (κ2) is 6.89. The molecule has 1 aromatic rings. The van der Waals surface area contributed by atoms with Crippen molar-refractivity contribution in [1.82, 2.24) is 20.2 Å². The molecule has 1 aromatic heterocycles. The van der Waals surface area contributed by atoms with Gasteiger partial charge < -0.3 is 15.0 Å². The topological polar surface area (TPSA) is 107 Å². The Kier molecular flexibility index (Phi) is 5.15. The van der Waals surface area contributed by atoms with Gasteiger partial charge in [-0.3, -0.25) is 19.5 Å². The van der Waals surface area contributed by atoms with Gasteiger partial charge in [-0.15, -0.1) is 0 Å². The first-order valence-electron chi connectivity index (χ1n) is 7.31. The van der Waals surface area contributed by atoms with Gasteiger partial charge in [0.15, 0.2) is 0 Å². The smallest absolute Gasteiger partial charge is 0.325 e. The van der Waals surface area contributed by atoms with E-state index in [1.165, 1.54) is 0 Å². The highest BCUT2D eigenvalue weighted by Gasteiger charge is 2.33. The number of aromatic nitrogens is 2. The number of likely N-dealkylation sites (N-methyl/N-ethyl adjacent to an activating group) is 1. The lowest BCUT2D eigenvalue weighted by molar-refractivity contribution is -0.121. The maximum absolute atomic E-state index is 12.2. The third-order valence-corrected chi connectivity index (χ3v) is 4.03. The van der Waals surface area contributed by atoms with E-state index in [1.54, 1.807) is 14.0 Å². The van der Waals surface area contributed by atoms with Crippen LogP contribution in [0.5, 0.6) is 0 Å². The van der Waals surface area contributed by atoms with Crippen molar-refractivity contribution in [2.75, 3.05) is 26.7 Å². The quantitative estimate of drug-likeness (QED) is 0.630. The number of hydrogen-bond acceptors (Lipinski definition) is 5. The maximum atomic E-state index is 12.2. The number of carbonyl (C=O) groups excluding carboxylic acids is 1. The SMILES string of the molecule is CCN1C[C@H](NC(=O)Cc2c(C)[nH]c(=O)[nH]c2=O)[C@@H](OC)C1. The second-order valence-corrected chi connectivity index (χ2v) is 5.49. The van der Waals surface area contributed by atoms with Crippen molar-refractivity contribution in [3.63, 3.8) is 0 Å². The molecule has 0 saturated carbocycles. The average Bonchev–Trinajstić information content (AvgIpc) is 2.85. The fraction of sp³-hybridized carbons (Fsp3) is 0.643. The molecule has 0 aromatic carbocycles. The number of aryl methyl sites for hydroxylation is 1. The van der Waals surface area contributed by atoms with E-state index < -0.39 is 11.2 Å². The van der Waals surface area contributed by atoms with Gasteiger partial charge in [0.2, 0.25) is 5.91 Å². The van der Waals surface area contributed by atoms with Crippen LogP contribution in [0.3, 0.4) is 0 Å². The van der Waals surface area contributed by atoms with Crippen LogP contribution in [0.1, 0.15) is 18.2 Å². The molecular weight excluding hydrogens is 288 g/mol. The van der Waals surface area contributed by atoms with Crippen molar-refractivity contribution in [3.05, 3.63) is 32.1 Å². The van der Waals surface area contributed by atoms with Crippen molar-refractivity contribution in [2.24, 2.45) is 0 Å². The molecule has 0 radical (unpaired) electrons. The van der Waals surface area contributed by atoms with E-state index in [0.29, 0.717) is 5.69 Å². The van der Waals surface area contributed by atoms with Crippen LogP contribution >= 0.6 is 0 Å². The Balaban J connectivity index is 2.05. The minimum Gasteiger partial charge on any atom is -0.378 e. The standard InChI is InChI=1S/C14H22N4O4/c1-4-18-6-10(11(7-18)22-3)16-12(19)5-9-8(2)15-14(21)17-13(9)20/h10-11H,4-7H2,1-3H3,(H,16,19)(H2,15,17,20,21)/t10-,11-/m0/s1. The van der Waals surface area contributed by atoms with Crippen LogP contribution in [-0.2, 0) is 16.0 Å². The molecule has 2 heterocycles. The van der Waals surface area contributed by atoms with Gasteiger partial charge in [0, 0.05) is 31.5 Å². The van der Waals surface area contributed by atoms with Crippen LogP contribution in [0.2, 0.25) is 0 Å². The number of ether oxygens (including phenoxy) is 1. The van der Waals surface area contributed by atoms with E-state index >= 15 is 0 Å². The Bertz CT molecular complexity index is 651. The highest BCUT2D eigenvalue weighted by Crippen LogP contribution is 2.12. The Morgan fingerprint density at radius 2 is 2.09 bits per heavy atom. The second-order valence-electron chi connectivity index (χ2n) is 5.49. The molecule has 8 nitrogen and oxygen atoms in total. The molecule has 22 heavy (non-hydrogen) atoms. The summed E-state index contributed by atoms with van der Waals surface area (Å²) < 4.78 is 5.40. The molecule has 8 heteroatoms. The zero-order chi connectivity index (χ0) is 16.3.